The van der Waals surface area contributed by atoms with Crippen LogP contribution in [0.15, 0.2) is 30.4 Å². The van der Waals surface area contributed by atoms with Crippen LogP contribution in [0.5, 0.6) is 0 Å². The number of carbonyl (C=O) groups is 2. The molecule has 0 saturated heterocycles. The van der Waals surface area contributed by atoms with Crippen LogP contribution in [0.3, 0.4) is 0 Å². The highest BCUT2D eigenvalue weighted by atomic mass is 16.5. The number of hydrogen-bond donors (Lipinski definition) is 0. The van der Waals surface area contributed by atoms with Crippen molar-refractivity contribution in [2.75, 3.05) is 14.2 Å². The summed E-state index contributed by atoms with van der Waals surface area (Å²) >= 11 is 0. The largest absolute Gasteiger partial charge is 0.466 e. The Bertz CT molecular complexity index is 653. The van der Waals surface area contributed by atoms with Crippen LogP contribution in [0.2, 0.25) is 0 Å². The molecule has 0 aromatic heterocycles. The lowest BCUT2D eigenvalue weighted by molar-refractivity contribution is -0.138. The minimum atomic E-state index is -0.518. The quantitative estimate of drug-likeness (QED) is 0.802. The SMILES string of the molecule is C=C(C)c1cccc2c1CCC(C(=O)OC)=C2C(=O)OC. The predicted molar refractivity (Wildman–Crippen MR) is 80.4 cm³/mol. The van der Waals surface area contributed by atoms with E-state index >= 15 is 0 Å². The Labute approximate surface area is 124 Å². The number of methoxy groups -OCH3 is 2. The summed E-state index contributed by atoms with van der Waals surface area (Å²) in [5, 5.41) is 0. The third kappa shape index (κ3) is 2.61. The molecule has 1 aliphatic carbocycles. The number of ether oxygens (including phenoxy) is 2. The number of esters is 2. The molecule has 1 aliphatic rings. The lowest BCUT2D eigenvalue weighted by atomic mass is 9.82. The highest BCUT2D eigenvalue weighted by Gasteiger charge is 2.30. The van der Waals surface area contributed by atoms with E-state index in [0.717, 1.165) is 22.3 Å². The number of fused-ring (bicyclic) bond motifs is 1. The van der Waals surface area contributed by atoms with E-state index in [4.69, 9.17) is 9.47 Å². The molecule has 4 nitrogen and oxygen atoms in total. The lowest BCUT2D eigenvalue weighted by Crippen LogP contribution is -2.20. The average Bonchev–Trinajstić information content (AvgIpc) is 2.51. The van der Waals surface area contributed by atoms with Crippen molar-refractivity contribution in [3.8, 4) is 0 Å². The highest BCUT2D eigenvalue weighted by Crippen LogP contribution is 2.36. The smallest absolute Gasteiger partial charge is 0.339 e. The summed E-state index contributed by atoms with van der Waals surface area (Å²) in [6.07, 6.45) is 1.12. The van der Waals surface area contributed by atoms with Gasteiger partial charge in [0.1, 0.15) is 0 Å². The Morgan fingerprint density at radius 1 is 1.10 bits per heavy atom. The van der Waals surface area contributed by atoms with Crippen LogP contribution in [-0.4, -0.2) is 26.2 Å². The molecule has 0 radical (unpaired) electrons. The third-order valence-corrected chi connectivity index (χ3v) is 3.65. The van der Waals surface area contributed by atoms with E-state index in [9.17, 15) is 9.59 Å². The number of carbonyl (C=O) groups excluding carboxylic acids is 2. The molecule has 0 aliphatic heterocycles. The van der Waals surface area contributed by atoms with Crippen molar-refractivity contribution in [3.05, 3.63) is 47.0 Å². The molecule has 0 bridgehead atoms. The van der Waals surface area contributed by atoms with Gasteiger partial charge < -0.3 is 9.47 Å². The van der Waals surface area contributed by atoms with Crippen LogP contribution in [0.25, 0.3) is 11.1 Å². The third-order valence-electron chi connectivity index (χ3n) is 3.65. The Balaban J connectivity index is 2.71. The first-order valence-corrected chi connectivity index (χ1v) is 6.69. The molecule has 0 saturated carbocycles. The summed E-state index contributed by atoms with van der Waals surface area (Å²) in [6, 6.07) is 5.65. The first-order valence-electron chi connectivity index (χ1n) is 6.69. The van der Waals surface area contributed by atoms with Gasteiger partial charge >= 0.3 is 11.9 Å². The van der Waals surface area contributed by atoms with Crippen LogP contribution < -0.4 is 0 Å². The summed E-state index contributed by atoms with van der Waals surface area (Å²) in [5.41, 5.74) is 4.37. The summed E-state index contributed by atoms with van der Waals surface area (Å²) in [5.74, 6) is -1.00. The van der Waals surface area contributed by atoms with Crippen molar-refractivity contribution < 1.29 is 19.1 Å². The van der Waals surface area contributed by atoms with Crippen molar-refractivity contribution in [1.29, 1.82) is 0 Å². The van der Waals surface area contributed by atoms with Gasteiger partial charge in [-0.25, -0.2) is 9.59 Å². The standard InChI is InChI=1S/C17H18O4/c1-10(2)11-6-5-7-13-12(11)8-9-14(16(18)20-3)15(13)17(19)21-4/h5-7H,1,8-9H2,2-4H3. The molecule has 0 atom stereocenters. The molecular formula is C17H18O4. The second-order valence-corrected chi connectivity index (χ2v) is 4.95. The molecule has 0 amide bonds. The zero-order valence-corrected chi connectivity index (χ0v) is 12.5. The molecule has 4 heteroatoms. The van der Waals surface area contributed by atoms with Crippen molar-refractivity contribution >= 4 is 23.1 Å². The van der Waals surface area contributed by atoms with E-state index in [2.05, 4.69) is 6.58 Å². The van der Waals surface area contributed by atoms with Crippen LogP contribution in [0, 0.1) is 0 Å². The van der Waals surface area contributed by atoms with E-state index in [1.165, 1.54) is 14.2 Å². The Morgan fingerprint density at radius 3 is 2.33 bits per heavy atom. The number of hydrogen-bond acceptors (Lipinski definition) is 4. The fourth-order valence-corrected chi connectivity index (χ4v) is 2.69. The van der Waals surface area contributed by atoms with Gasteiger partial charge in [-0.2, -0.15) is 0 Å². The fraction of sp³-hybridized carbons (Fsp3) is 0.294. The van der Waals surface area contributed by atoms with Gasteiger partial charge in [-0.15, -0.1) is 0 Å². The Morgan fingerprint density at radius 2 is 1.76 bits per heavy atom. The van der Waals surface area contributed by atoms with E-state index in [-0.39, 0.29) is 0 Å². The molecule has 2 rings (SSSR count). The lowest BCUT2D eigenvalue weighted by Gasteiger charge is -2.23. The second-order valence-electron chi connectivity index (χ2n) is 4.95. The molecule has 1 aromatic carbocycles. The second kappa shape index (κ2) is 5.95. The summed E-state index contributed by atoms with van der Waals surface area (Å²) < 4.78 is 9.63. The highest BCUT2D eigenvalue weighted by molar-refractivity contribution is 6.23. The van der Waals surface area contributed by atoms with E-state index in [0.29, 0.717) is 24.0 Å². The van der Waals surface area contributed by atoms with Crippen LogP contribution in [-0.2, 0) is 25.5 Å². The fourth-order valence-electron chi connectivity index (χ4n) is 2.69. The maximum absolute atomic E-state index is 12.1. The monoisotopic (exact) mass is 286 g/mol. The zero-order valence-electron chi connectivity index (χ0n) is 12.5. The zero-order chi connectivity index (χ0) is 15.6. The van der Waals surface area contributed by atoms with Gasteiger partial charge in [-0.3, -0.25) is 0 Å². The van der Waals surface area contributed by atoms with Crippen molar-refractivity contribution in [2.24, 2.45) is 0 Å². The summed E-state index contributed by atoms with van der Waals surface area (Å²) in [6.45, 7) is 5.89. The summed E-state index contributed by atoms with van der Waals surface area (Å²) in [4.78, 5) is 24.1. The summed E-state index contributed by atoms with van der Waals surface area (Å²) in [7, 11) is 2.62. The minimum absolute atomic E-state index is 0.300. The van der Waals surface area contributed by atoms with Gasteiger partial charge in [0.15, 0.2) is 0 Å². The maximum atomic E-state index is 12.1. The van der Waals surface area contributed by atoms with Crippen molar-refractivity contribution in [3.63, 3.8) is 0 Å². The molecule has 0 spiro atoms. The molecule has 21 heavy (non-hydrogen) atoms. The molecule has 0 heterocycles. The van der Waals surface area contributed by atoms with Gasteiger partial charge in [0, 0.05) is 0 Å². The molecule has 1 aromatic rings. The topological polar surface area (TPSA) is 52.6 Å². The number of benzene rings is 1. The molecular weight excluding hydrogens is 268 g/mol. The van der Waals surface area contributed by atoms with Crippen molar-refractivity contribution in [1.82, 2.24) is 0 Å². The molecule has 0 fully saturated rings. The van der Waals surface area contributed by atoms with Gasteiger partial charge in [0.2, 0.25) is 0 Å². The predicted octanol–water partition coefficient (Wildman–Crippen LogP) is 2.77. The van der Waals surface area contributed by atoms with E-state index in [1.54, 1.807) is 0 Å². The number of rotatable bonds is 3. The minimum Gasteiger partial charge on any atom is -0.466 e. The van der Waals surface area contributed by atoms with Gasteiger partial charge in [-0.1, -0.05) is 30.4 Å². The normalized spacial score (nSPS) is 13.5. The van der Waals surface area contributed by atoms with Crippen LogP contribution in [0.4, 0.5) is 0 Å². The Hall–Kier alpha value is -2.36. The number of allylic oxidation sites excluding steroid dienone is 1. The molecule has 0 N–H and O–H groups in total. The maximum Gasteiger partial charge on any atom is 0.339 e. The molecule has 110 valence electrons. The first-order chi connectivity index (χ1) is 10.0. The first kappa shape index (κ1) is 15.0. The van der Waals surface area contributed by atoms with E-state index in [1.807, 2.05) is 25.1 Å². The van der Waals surface area contributed by atoms with E-state index < -0.39 is 11.9 Å². The van der Waals surface area contributed by atoms with Gasteiger partial charge in [0.05, 0.1) is 25.4 Å². The Kier molecular flexibility index (Phi) is 4.26. The van der Waals surface area contributed by atoms with Crippen molar-refractivity contribution in [2.45, 2.75) is 19.8 Å². The average molecular weight is 286 g/mol. The molecule has 0 unspecified atom stereocenters. The van der Waals surface area contributed by atoms with Gasteiger partial charge in [-0.05, 0) is 36.5 Å². The van der Waals surface area contributed by atoms with Crippen LogP contribution in [0.1, 0.15) is 30.0 Å². The van der Waals surface area contributed by atoms with Crippen LogP contribution >= 0.6 is 0 Å². The van der Waals surface area contributed by atoms with Gasteiger partial charge in [0.25, 0.3) is 0 Å².